The van der Waals surface area contributed by atoms with Gasteiger partial charge in [0.05, 0.1) is 17.9 Å². The zero-order chi connectivity index (χ0) is 38.7. The second kappa shape index (κ2) is 18.4. The molecule has 0 saturated carbocycles. The number of carbonyl (C=O) groups excluding carboxylic acids is 4. The van der Waals surface area contributed by atoms with Crippen LogP contribution in [0, 0.1) is 22.7 Å². The number of aliphatic carboxylic acids is 2. The van der Waals surface area contributed by atoms with Crippen molar-refractivity contribution in [3.05, 3.63) is 0 Å². The molecule has 0 aliphatic heterocycles. The van der Waals surface area contributed by atoms with Crippen LogP contribution in [0.4, 0.5) is 9.59 Å². The number of nitrogens with one attached hydrogen (secondary N) is 2. The van der Waals surface area contributed by atoms with Crippen LogP contribution in [0.1, 0.15) is 116 Å². The fourth-order valence-corrected chi connectivity index (χ4v) is 5.38. The molecule has 49 heavy (non-hydrogen) atoms. The maximum absolute atomic E-state index is 13.8. The lowest BCUT2D eigenvalue weighted by atomic mass is 9.65. The first kappa shape index (κ1) is 45.4. The molecule has 3 atom stereocenters. The van der Waals surface area contributed by atoms with Gasteiger partial charge in [-0.25, -0.2) is 9.59 Å². The number of alkyl carbamates (subject to hydrolysis) is 1. The number of carbonyl (C=O) groups is 6. The highest BCUT2D eigenvalue weighted by Crippen LogP contribution is 2.42. The van der Waals surface area contributed by atoms with E-state index in [9.17, 15) is 39.0 Å². The average molecular weight is 702 g/mol. The van der Waals surface area contributed by atoms with E-state index >= 15 is 0 Å². The molecule has 6 N–H and O–H groups in total. The normalized spacial score (nSPS) is 14.8. The van der Waals surface area contributed by atoms with Crippen LogP contribution < -0.4 is 16.5 Å². The largest absolute Gasteiger partial charge is 0.481 e. The Morgan fingerprint density at radius 2 is 1.22 bits per heavy atom. The van der Waals surface area contributed by atoms with E-state index in [0.29, 0.717) is 19.4 Å². The van der Waals surface area contributed by atoms with Crippen LogP contribution in [-0.2, 0) is 28.7 Å². The molecule has 0 fully saturated rings. The van der Waals surface area contributed by atoms with Gasteiger partial charge in [-0.3, -0.25) is 29.6 Å². The first-order valence-electron chi connectivity index (χ1n) is 16.8. The van der Waals surface area contributed by atoms with Gasteiger partial charge in [0, 0.05) is 19.5 Å². The summed E-state index contributed by atoms with van der Waals surface area (Å²) in [5.74, 6) is -6.72. The highest BCUT2D eigenvalue weighted by molar-refractivity contribution is 5.88. The third-order valence-corrected chi connectivity index (χ3v) is 7.45. The number of nitrogens with two attached hydrogens (primary N) is 1. The van der Waals surface area contributed by atoms with Gasteiger partial charge in [0.2, 0.25) is 5.91 Å². The molecular formula is C34H63N5O10. The van der Waals surface area contributed by atoms with Crippen molar-refractivity contribution < 1.29 is 48.5 Å². The lowest BCUT2D eigenvalue weighted by molar-refractivity contribution is -0.159. The Kier molecular flexibility index (Phi) is 17.0. The van der Waals surface area contributed by atoms with Gasteiger partial charge in [-0.15, -0.1) is 0 Å². The highest BCUT2D eigenvalue weighted by Gasteiger charge is 2.52. The van der Waals surface area contributed by atoms with Crippen molar-refractivity contribution in [1.29, 1.82) is 0 Å². The molecule has 0 spiro atoms. The molecule has 0 aliphatic rings. The number of nitrogens with zero attached hydrogens (tertiary/aromatic N) is 2. The summed E-state index contributed by atoms with van der Waals surface area (Å²) in [6, 6.07) is -2.50. The molecule has 4 amide bonds. The summed E-state index contributed by atoms with van der Waals surface area (Å²) in [6.07, 6.45) is -0.899. The molecule has 284 valence electrons. The van der Waals surface area contributed by atoms with Gasteiger partial charge in [-0.05, 0) is 85.1 Å². The number of rotatable bonds is 15. The molecular weight excluding hydrogens is 638 g/mol. The minimum absolute atomic E-state index is 0.00187. The smallest absolute Gasteiger partial charge is 0.410 e. The van der Waals surface area contributed by atoms with E-state index in [1.54, 1.807) is 90.0 Å². The van der Waals surface area contributed by atoms with Crippen molar-refractivity contribution in [1.82, 2.24) is 20.7 Å². The van der Waals surface area contributed by atoms with Crippen molar-refractivity contribution >= 4 is 35.9 Å². The highest BCUT2D eigenvalue weighted by atomic mass is 16.6. The van der Waals surface area contributed by atoms with Crippen molar-refractivity contribution in [2.75, 3.05) is 19.6 Å². The third-order valence-electron chi connectivity index (χ3n) is 7.45. The minimum atomic E-state index is -1.44. The van der Waals surface area contributed by atoms with Crippen LogP contribution in [0.15, 0.2) is 0 Å². The summed E-state index contributed by atoms with van der Waals surface area (Å²) in [5, 5.41) is 24.5. The van der Waals surface area contributed by atoms with Crippen molar-refractivity contribution in [3.63, 3.8) is 0 Å². The quantitative estimate of drug-likeness (QED) is 0.119. The zero-order valence-electron chi connectivity index (χ0n) is 31.9. The van der Waals surface area contributed by atoms with Crippen LogP contribution >= 0.6 is 0 Å². The number of unbranched alkanes of at least 4 members (excludes halogenated alkanes) is 1. The van der Waals surface area contributed by atoms with E-state index in [2.05, 4.69) is 10.7 Å². The molecule has 0 heterocycles. The number of carboxylic acid groups (broad SMARTS) is 2. The third kappa shape index (κ3) is 16.1. The number of hydrazine groups is 1. The average Bonchev–Trinajstić information content (AvgIpc) is 2.86. The molecule has 0 aromatic carbocycles. The standard InChI is InChI=1S/C34H63N5O10/c1-14-39(37-26(41)21(17-15-16-19-35)36-29(46)48-33(8,9)10)22(40)18-20-38(30(47)49-34(11,12)13)25(23(27(42)43)31(2,3)4)24(28(44)45)32(5,6)7/h21,23-25H,14-20,35H2,1-13H3,(H,36,46)(H,37,41)(H,42,43)(H,44,45). The molecule has 0 radical (unpaired) electrons. The number of carboxylic acids is 2. The maximum Gasteiger partial charge on any atom is 0.410 e. The van der Waals surface area contributed by atoms with Gasteiger partial charge in [-0.2, -0.15) is 0 Å². The monoisotopic (exact) mass is 701 g/mol. The Morgan fingerprint density at radius 3 is 1.59 bits per heavy atom. The van der Waals surface area contributed by atoms with Gasteiger partial charge in [0.15, 0.2) is 0 Å². The van der Waals surface area contributed by atoms with E-state index in [4.69, 9.17) is 15.2 Å². The summed E-state index contributed by atoms with van der Waals surface area (Å²) in [4.78, 5) is 80.0. The second-order valence-electron chi connectivity index (χ2n) is 16.4. The van der Waals surface area contributed by atoms with Crippen molar-refractivity contribution in [2.24, 2.45) is 28.4 Å². The van der Waals surface area contributed by atoms with E-state index in [1.165, 1.54) is 0 Å². The van der Waals surface area contributed by atoms with Crippen molar-refractivity contribution in [2.45, 2.75) is 139 Å². The first-order valence-corrected chi connectivity index (χ1v) is 16.8. The number of ether oxygens (including phenoxy) is 2. The molecule has 15 nitrogen and oxygen atoms in total. The van der Waals surface area contributed by atoms with Crippen molar-refractivity contribution in [3.8, 4) is 0 Å². The van der Waals surface area contributed by atoms with E-state index < -0.39 is 94.9 Å². The SMILES string of the molecule is CCN(NC(=O)C(CCCCN)NC(=O)OC(C)(C)C)C(=O)CCN(C(=O)OC(C)(C)C)C(C(C(=O)O)C(C)(C)C)C(C(=O)O)C(C)(C)C. The lowest BCUT2D eigenvalue weighted by Crippen LogP contribution is -2.60. The summed E-state index contributed by atoms with van der Waals surface area (Å²) >= 11 is 0. The number of hydrogen-bond acceptors (Lipinski definition) is 9. The van der Waals surface area contributed by atoms with E-state index in [-0.39, 0.29) is 13.0 Å². The fraction of sp³-hybridized carbons (Fsp3) is 0.824. The van der Waals surface area contributed by atoms with Gasteiger partial charge < -0.3 is 35.6 Å². The zero-order valence-corrected chi connectivity index (χ0v) is 31.9. The fourth-order valence-electron chi connectivity index (χ4n) is 5.38. The molecule has 0 bridgehead atoms. The molecule has 0 rings (SSSR count). The predicted molar refractivity (Wildman–Crippen MR) is 184 cm³/mol. The van der Waals surface area contributed by atoms with Crippen LogP contribution in [0.3, 0.4) is 0 Å². The molecule has 0 aromatic heterocycles. The van der Waals surface area contributed by atoms with Crippen LogP contribution in [-0.4, -0.2) is 99.0 Å². The van der Waals surface area contributed by atoms with E-state index in [1.807, 2.05) is 0 Å². The van der Waals surface area contributed by atoms with Gasteiger partial charge in [0.1, 0.15) is 17.2 Å². The number of amides is 4. The van der Waals surface area contributed by atoms with Gasteiger partial charge in [0.25, 0.3) is 5.91 Å². The van der Waals surface area contributed by atoms with E-state index in [0.717, 1.165) is 9.91 Å². The molecule has 0 aromatic rings. The van der Waals surface area contributed by atoms with Gasteiger partial charge >= 0.3 is 24.1 Å². The Balaban J connectivity index is 6.68. The summed E-state index contributed by atoms with van der Waals surface area (Å²) in [6.45, 7) is 21.3. The summed E-state index contributed by atoms with van der Waals surface area (Å²) in [5.41, 5.74) is 4.24. The molecule has 0 saturated heterocycles. The Hall–Kier alpha value is -3.62. The van der Waals surface area contributed by atoms with Crippen LogP contribution in [0.5, 0.6) is 0 Å². The Morgan fingerprint density at radius 1 is 0.755 bits per heavy atom. The maximum atomic E-state index is 13.8. The Bertz CT molecular complexity index is 1120. The molecule has 3 unspecified atom stereocenters. The topological polar surface area (TPSA) is 218 Å². The lowest BCUT2D eigenvalue weighted by Gasteiger charge is -2.46. The first-order chi connectivity index (χ1) is 22.1. The Labute approximate surface area is 291 Å². The molecule has 0 aliphatic carbocycles. The minimum Gasteiger partial charge on any atom is -0.481 e. The van der Waals surface area contributed by atoms with Crippen LogP contribution in [0.2, 0.25) is 0 Å². The van der Waals surface area contributed by atoms with Gasteiger partial charge in [-0.1, -0.05) is 41.5 Å². The van der Waals surface area contributed by atoms with Crippen LogP contribution in [0.25, 0.3) is 0 Å². The predicted octanol–water partition coefficient (Wildman–Crippen LogP) is 4.38. The summed E-state index contributed by atoms with van der Waals surface area (Å²) < 4.78 is 10.9. The summed E-state index contributed by atoms with van der Waals surface area (Å²) in [7, 11) is 0. The second-order valence-corrected chi connectivity index (χ2v) is 16.4. The molecule has 15 heteroatoms. The number of hydrogen-bond donors (Lipinski definition) is 5.